The van der Waals surface area contributed by atoms with Crippen molar-refractivity contribution in [3.63, 3.8) is 0 Å². The molecule has 0 aliphatic carbocycles. The van der Waals surface area contributed by atoms with Gasteiger partial charge in [-0.2, -0.15) is 11.8 Å². The van der Waals surface area contributed by atoms with Gasteiger partial charge in [-0.1, -0.05) is 11.8 Å². The second-order valence-electron chi connectivity index (χ2n) is 4.04. The van der Waals surface area contributed by atoms with Crippen molar-refractivity contribution >= 4 is 29.0 Å². The molecule has 0 radical (unpaired) electrons. The molecule has 18 heavy (non-hydrogen) atoms. The van der Waals surface area contributed by atoms with E-state index in [0.29, 0.717) is 13.1 Å². The monoisotopic (exact) mass is 280 g/mol. The van der Waals surface area contributed by atoms with Gasteiger partial charge in [-0.15, -0.1) is 11.3 Å². The molecule has 0 aromatic carbocycles. The Labute approximate surface area is 116 Å². The fraction of sp³-hybridized carbons (Fsp3) is 0.462. The van der Waals surface area contributed by atoms with Crippen LogP contribution in [-0.2, 0) is 11.3 Å². The quantitative estimate of drug-likeness (QED) is 0.824. The number of nitrogens with one attached hydrogen (secondary N) is 1. The summed E-state index contributed by atoms with van der Waals surface area (Å²) in [6, 6.07) is 1.97. The lowest BCUT2D eigenvalue weighted by molar-refractivity contribution is -0.124. The summed E-state index contributed by atoms with van der Waals surface area (Å²) in [5.74, 6) is 8.29. The van der Waals surface area contributed by atoms with Gasteiger partial charge in [-0.25, -0.2) is 0 Å². The molecule has 3 N–H and O–H groups in total. The number of thioether (sulfide) groups is 1. The summed E-state index contributed by atoms with van der Waals surface area (Å²) in [5.41, 5.74) is 6.34. The van der Waals surface area contributed by atoms with Gasteiger partial charge in [0.1, 0.15) is 0 Å². The van der Waals surface area contributed by atoms with Crippen LogP contribution in [0, 0.1) is 17.8 Å². The molecule has 1 unspecified atom stereocenters. The van der Waals surface area contributed by atoms with E-state index in [1.807, 2.05) is 23.2 Å². The van der Waals surface area contributed by atoms with Crippen LogP contribution in [0.15, 0.2) is 11.4 Å². The third-order valence-electron chi connectivity index (χ3n) is 2.79. The standard InChI is InChI=1S/C13H16N2OS2/c14-5-1-2-10-4-7-18-12(10)8-15-13(16)11-3-6-17-9-11/h4,7,11H,3,5-6,8-9,14H2,(H,15,16). The summed E-state index contributed by atoms with van der Waals surface area (Å²) < 4.78 is 0. The molecule has 1 aliphatic rings. The number of hydrogen-bond donors (Lipinski definition) is 2. The first-order valence-electron chi connectivity index (χ1n) is 5.92. The predicted molar refractivity (Wildman–Crippen MR) is 77.5 cm³/mol. The molecule has 0 bridgehead atoms. The maximum absolute atomic E-state index is 11.9. The first kappa shape index (κ1) is 13.5. The van der Waals surface area contributed by atoms with E-state index in [1.165, 1.54) is 0 Å². The zero-order valence-corrected chi connectivity index (χ0v) is 11.7. The van der Waals surface area contributed by atoms with Crippen molar-refractivity contribution in [2.24, 2.45) is 11.7 Å². The lowest BCUT2D eigenvalue weighted by atomic mass is 10.1. The highest BCUT2D eigenvalue weighted by Gasteiger charge is 2.22. The smallest absolute Gasteiger partial charge is 0.224 e. The first-order chi connectivity index (χ1) is 8.81. The van der Waals surface area contributed by atoms with Crippen LogP contribution < -0.4 is 11.1 Å². The van der Waals surface area contributed by atoms with Gasteiger partial charge in [0.2, 0.25) is 5.91 Å². The van der Waals surface area contributed by atoms with E-state index in [4.69, 9.17) is 5.73 Å². The van der Waals surface area contributed by atoms with Gasteiger partial charge in [0.05, 0.1) is 13.1 Å². The molecule has 1 aromatic heterocycles. The molecular weight excluding hydrogens is 264 g/mol. The van der Waals surface area contributed by atoms with Gasteiger partial charge in [0, 0.05) is 22.1 Å². The van der Waals surface area contributed by atoms with E-state index < -0.39 is 0 Å². The number of hydrogen-bond acceptors (Lipinski definition) is 4. The lowest BCUT2D eigenvalue weighted by Gasteiger charge is -2.09. The van der Waals surface area contributed by atoms with E-state index in [9.17, 15) is 4.79 Å². The van der Waals surface area contributed by atoms with Crippen molar-refractivity contribution in [2.75, 3.05) is 18.1 Å². The SMILES string of the molecule is NCC#Cc1ccsc1CNC(=O)C1CCSC1. The minimum atomic E-state index is 0.172. The van der Waals surface area contributed by atoms with Crippen LogP contribution in [0.3, 0.4) is 0 Å². The maximum Gasteiger partial charge on any atom is 0.224 e. The van der Waals surface area contributed by atoms with Crippen LogP contribution in [0.4, 0.5) is 0 Å². The molecule has 2 rings (SSSR count). The average molecular weight is 280 g/mol. The molecule has 0 saturated carbocycles. The van der Waals surface area contributed by atoms with Crippen molar-refractivity contribution in [3.05, 3.63) is 21.9 Å². The molecule has 1 amide bonds. The molecule has 2 heterocycles. The van der Waals surface area contributed by atoms with Crippen molar-refractivity contribution in [1.29, 1.82) is 0 Å². The van der Waals surface area contributed by atoms with Crippen molar-refractivity contribution < 1.29 is 4.79 Å². The minimum Gasteiger partial charge on any atom is -0.351 e. The van der Waals surface area contributed by atoms with Crippen LogP contribution in [0.1, 0.15) is 16.9 Å². The Morgan fingerprint density at radius 2 is 2.50 bits per heavy atom. The van der Waals surface area contributed by atoms with Gasteiger partial charge in [0.25, 0.3) is 0 Å². The summed E-state index contributed by atoms with van der Waals surface area (Å²) in [6.07, 6.45) is 1.00. The maximum atomic E-state index is 11.9. The third-order valence-corrected chi connectivity index (χ3v) is 4.88. The second kappa shape index (κ2) is 6.83. The topological polar surface area (TPSA) is 55.1 Å². The predicted octanol–water partition coefficient (Wildman–Crippen LogP) is 1.43. The summed E-state index contributed by atoms with van der Waals surface area (Å²) in [6.45, 7) is 0.938. The fourth-order valence-electron chi connectivity index (χ4n) is 1.79. The van der Waals surface area contributed by atoms with Crippen LogP contribution in [0.2, 0.25) is 0 Å². The highest BCUT2D eigenvalue weighted by atomic mass is 32.2. The van der Waals surface area contributed by atoms with Crippen LogP contribution in [0.25, 0.3) is 0 Å². The highest BCUT2D eigenvalue weighted by Crippen LogP contribution is 2.23. The Balaban J connectivity index is 1.89. The molecule has 0 spiro atoms. The lowest BCUT2D eigenvalue weighted by Crippen LogP contribution is -2.30. The largest absolute Gasteiger partial charge is 0.351 e. The number of amides is 1. The van der Waals surface area contributed by atoms with E-state index in [1.54, 1.807) is 11.3 Å². The Hall–Kier alpha value is -0.960. The first-order valence-corrected chi connectivity index (χ1v) is 7.95. The zero-order chi connectivity index (χ0) is 12.8. The number of carbonyl (C=O) groups is 1. The van der Waals surface area contributed by atoms with Crippen molar-refractivity contribution in [3.8, 4) is 11.8 Å². The summed E-state index contributed by atoms with van der Waals surface area (Å²) in [4.78, 5) is 13.0. The molecule has 1 saturated heterocycles. The molecule has 1 fully saturated rings. The zero-order valence-electron chi connectivity index (χ0n) is 10.1. The Bertz CT molecular complexity index is 467. The average Bonchev–Trinajstić information content (AvgIpc) is 3.04. The van der Waals surface area contributed by atoms with Gasteiger partial charge >= 0.3 is 0 Å². The Morgan fingerprint density at radius 1 is 1.61 bits per heavy atom. The van der Waals surface area contributed by atoms with E-state index >= 15 is 0 Å². The minimum absolute atomic E-state index is 0.172. The number of rotatable bonds is 3. The molecule has 1 atom stereocenters. The van der Waals surface area contributed by atoms with Crippen molar-refractivity contribution in [1.82, 2.24) is 5.32 Å². The normalized spacial score (nSPS) is 18.2. The molecule has 3 nitrogen and oxygen atoms in total. The molecule has 1 aliphatic heterocycles. The Kier molecular flexibility index (Phi) is 5.12. The molecule has 1 aromatic rings. The van der Waals surface area contributed by atoms with E-state index in [-0.39, 0.29) is 11.8 Å². The molecular formula is C13H16N2OS2. The summed E-state index contributed by atoms with van der Waals surface area (Å²) in [7, 11) is 0. The number of nitrogens with two attached hydrogens (primary N) is 1. The van der Waals surface area contributed by atoms with E-state index in [0.717, 1.165) is 28.4 Å². The summed E-state index contributed by atoms with van der Waals surface area (Å²) in [5, 5.41) is 5.00. The third kappa shape index (κ3) is 3.52. The summed E-state index contributed by atoms with van der Waals surface area (Å²) >= 11 is 3.47. The number of carbonyl (C=O) groups excluding carboxylic acids is 1. The van der Waals surface area contributed by atoms with Crippen LogP contribution in [0.5, 0.6) is 0 Å². The van der Waals surface area contributed by atoms with E-state index in [2.05, 4.69) is 17.2 Å². The van der Waals surface area contributed by atoms with Crippen molar-refractivity contribution in [2.45, 2.75) is 13.0 Å². The van der Waals surface area contributed by atoms with Gasteiger partial charge in [0.15, 0.2) is 0 Å². The molecule has 96 valence electrons. The molecule has 5 heteroatoms. The van der Waals surface area contributed by atoms with Gasteiger partial charge in [-0.3, -0.25) is 4.79 Å². The van der Waals surface area contributed by atoms with Gasteiger partial charge < -0.3 is 11.1 Å². The van der Waals surface area contributed by atoms with Gasteiger partial charge in [-0.05, 0) is 23.6 Å². The Morgan fingerprint density at radius 3 is 3.22 bits per heavy atom. The second-order valence-corrected chi connectivity index (χ2v) is 6.19. The fourth-order valence-corrected chi connectivity index (χ4v) is 3.78. The highest BCUT2D eigenvalue weighted by molar-refractivity contribution is 7.99. The number of thiophene rings is 1. The van der Waals surface area contributed by atoms with Crippen LogP contribution >= 0.6 is 23.1 Å². The van der Waals surface area contributed by atoms with Crippen LogP contribution in [-0.4, -0.2) is 24.0 Å².